The summed E-state index contributed by atoms with van der Waals surface area (Å²) >= 11 is 0. The highest BCUT2D eigenvalue weighted by atomic mass is 19.4. The van der Waals surface area contributed by atoms with Crippen LogP contribution in [0.1, 0.15) is 6.92 Å². The van der Waals surface area contributed by atoms with Crippen molar-refractivity contribution in [3.05, 3.63) is 24.0 Å². The van der Waals surface area contributed by atoms with E-state index in [-0.39, 0.29) is 11.6 Å². The fraction of sp³-hybridized carbons (Fsp3) is 0.250. The second-order valence-corrected chi connectivity index (χ2v) is 2.49. The second kappa shape index (κ2) is 5.18. The molecule has 0 aromatic rings. The molecule has 7 heteroatoms. The van der Waals surface area contributed by atoms with Gasteiger partial charge in [0.2, 0.25) is 0 Å². The van der Waals surface area contributed by atoms with Crippen LogP contribution < -0.4 is 5.32 Å². The summed E-state index contributed by atoms with van der Waals surface area (Å²) in [6.07, 6.45) is -2.97. The van der Waals surface area contributed by atoms with Crippen LogP contribution in [0.3, 0.4) is 0 Å². The summed E-state index contributed by atoms with van der Waals surface area (Å²) in [5.74, 6) is -3.23. The summed E-state index contributed by atoms with van der Waals surface area (Å²) in [7, 11) is 0. The lowest BCUT2D eigenvalue weighted by molar-refractivity contribution is -0.165. The lowest BCUT2D eigenvalue weighted by atomic mass is 10.3. The first-order chi connectivity index (χ1) is 6.75. The number of carboxylic acid groups (broad SMARTS) is 1. The van der Waals surface area contributed by atoms with Crippen molar-refractivity contribution in [3.8, 4) is 0 Å². The lowest BCUT2D eigenvalue weighted by Gasteiger charge is -1.99. The molecule has 0 rings (SSSR count). The van der Waals surface area contributed by atoms with Gasteiger partial charge in [0.05, 0.1) is 0 Å². The van der Waals surface area contributed by atoms with Crippen molar-refractivity contribution in [1.29, 1.82) is 0 Å². The molecule has 0 heterocycles. The van der Waals surface area contributed by atoms with Gasteiger partial charge in [0.25, 0.3) is 5.78 Å². The van der Waals surface area contributed by atoms with E-state index < -0.39 is 17.9 Å². The zero-order valence-corrected chi connectivity index (χ0v) is 7.63. The second-order valence-electron chi connectivity index (χ2n) is 2.49. The minimum atomic E-state index is -4.91. The summed E-state index contributed by atoms with van der Waals surface area (Å²) in [4.78, 5) is 20.5. The molecule has 0 aliphatic rings. The number of aliphatic carboxylic acids is 1. The topological polar surface area (TPSA) is 66.4 Å². The first kappa shape index (κ1) is 13.2. The number of allylic oxidation sites excluding steroid dienone is 1. The Balaban J connectivity index is 4.19. The molecule has 0 bridgehead atoms. The van der Waals surface area contributed by atoms with Gasteiger partial charge in [-0.1, -0.05) is 0 Å². The van der Waals surface area contributed by atoms with Gasteiger partial charge < -0.3 is 10.4 Å². The Bertz CT molecular complexity index is 318. The van der Waals surface area contributed by atoms with Crippen molar-refractivity contribution in [2.24, 2.45) is 0 Å². The summed E-state index contributed by atoms with van der Waals surface area (Å²) < 4.78 is 34.9. The Kier molecular flexibility index (Phi) is 4.56. The lowest BCUT2D eigenvalue weighted by Crippen LogP contribution is -2.20. The third-order valence-electron chi connectivity index (χ3n) is 1.25. The van der Waals surface area contributed by atoms with Gasteiger partial charge in [-0.3, -0.25) is 4.79 Å². The van der Waals surface area contributed by atoms with Crippen LogP contribution in [0, 0.1) is 0 Å². The van der Waals surface area contributed by atoms with E-state index in [1.807, 2.05) is 0 Å². The molecule has 0 saturated heterocycles. The predicted molar refractivity (Wildman–Crippen MR) is 44.7 cm³/mol. The molecular weight excluding hydrogens is 215 g/mol. The summed E-state index contributed by atoms with van der Waals surface area (Å²) in [5, 5.41) is 10.5. The van der Waals surface area contributed by atoms with E-state index in [0.717, 1.165) is 6.20 Å². The van der Waals surface area contributed by atoms with Gasteiger partial charge in [-0.05, 0) is 6.92 Å². The van der Waals surface area contributed by atoms with Gasteiger partial charge in [-0.25, -0.2) is 4.79 Å². The average Bonchev–Trinajstić information content (AvgIpc) is 2.09. The number of hydrogen-bond acceptors (Lipinski definition) is 3. The van der Waals surface area contributed by atoms with Crippen LogP contribution in [0.4, 0.5) is 13.2 Å². The molecule has 0 saturated carbocycles. The number of carboxylic acids is 1. The monoisotopic (exact) mass is 223 g/mol. The molecule has 0 aliphatic carbocycles. The summed E-state index contributed by atoms with van der Waals surface area (Å²) in [6, 6.07) is 0. The number of rotatable bonds is 4. The van der Waals surface area contributed by atoms with E-state index in [2.05, 4.69) is 5.32 Å². The van der Waals surface area contributed by atoms with Crippen molar-refractivity contribution in [2.75, 3.05) is 0 Å². The predicted octanol–water partition coefficient (Wildman–Crippen LogP) is 1.21. The van der Waals surface area contributed by atoms with E-state index in [1.54, 1.807) is 0 Å². The highest BCUT2D eigenvalue weighted by molar-refractivity contribution is 5.94. The molecular formula is C8H8F3NO3. The quantitative estimate of drug-likeness (QED) is 0.703. The van der Waals surface area contributed by atoms with E-state index >= 15 is 0 Å². The van der Waals surface area contributed by atoms with Gasteiger partial charge in [-0.15, -0.1) is 0 Å². The summed E-state index contributed by atoms with van der Waals surface area (Å²) in [6.45, 7) is 1.24. The molecule has 0 spiro atoms. The maximum Gasteiger partial charge on any atom is 0.454 e. The number of nitrogens with one attached hydrogen (secondary N) is 1. The smallest absolute Gasteiger partial charge is 0.454 e. The number of hydrogen-bond donors (Lipinski definition) is 2. The molecule has 84 valence electrons. The van der Waals surface area contributed by atoms with Crippen LogP contribution >= 0.6 is 0 Å². The highest BCUT2D eigenvalue weighted by Gasteiger charge is 2.35. The molecule has 0 radical (unpaired) electrons. The van der Waals surface area contributed by atoms with E-state index in [0.29, 0.717) is 6.20 Å². The fourth-order valence-corrected chi connectivity index (χ4v) is 0.453. The molecule has 0 amide bonds. The third-order valence-corrected chi connectivity index (χ3v) is 1.25. The van der Waals surface area contributed by atoms with Crippen LogP contribution in [0.5, 0.6) is 0 Å². The number of halogens is 3. The zero-order valence-electron chi connectivity index (χ0n) is 7.63. The molecule has 0 fully saturated rings. The van der Waals surface area contributed by atoms with Gasteiger partial charge >= 0.3 is 12.1 Å². The molecule has 0 atom stereocenters. The van der Waals surface area contributed by atoms with Crippen molar-refractivity contribution in [3.63, 3.8) is 0 Å². The maximum absolute atomic E-state index is 11.6. The first-order valence-corrected chi connectivity index (χ1v) is 3.69. The standard InChI is InChI=1S/C8H8F3NO3/c1-5(7(14)15)4-12-3-2-6(13)8(9,10)11/h2-4,12H,1H3,(H,14,15). The molecule has 0 aromatic heterocycles. The van der Waals surface area contributed by atoms with Gasteiger partial charge in [-0.2, -0.15) is 13.2 Å². The normalized spacial score (nSPS) is 12.9. The number of carbonyl (C=O) groups is 2. The number of ketones is 1. The molecule has 0 aromatic carbocycles. The first-order valence-electron chi connectivity index (χ1n) is 3.69. The molecule has 15 heavy (non-hydrogen) atoms. The summed E-state index contributed by atoms with van der Waals surface area (Å²) in [5.41, 5.74) is -0.0980. The van der Waals surface area contributed by atoms with E-state index in [1.165, 1.54) is 6.92 Å². The van der Waals surface area contributed by atoms with Gasteiger partial charge in [0, 0.05) is 24.0 Å². The maximum atomic E-state index is 11.6. The molecule has 2 N–H and O–H groups in total. The average molecular weight is 223 g/mol. The Morgan fingerprint density at radius 2 is 1.87 bits per heavy atom. The van der Waals surface area contributed by atoms with Crippen molar-refractivity contribution >= 4 is 11.8 Å². The van der Waals surface area contributed by atoms with Crippen LogP contribution in [-0.4, -0.2) is 23.0 Å². The Morgan fingerprint density at radius 3 is 2.27 bits per heavy atom. The van der Waals surface area contributed by atoms with Crippen LogP contribution in [-0.2, 0) is 9.59 Å². The van der Waals surface area contributed by atoms with Gasteiger partial charge in [0.1, 0.15) is 0 Å². The van der Waals surface area contributed by atoms with E-state index in [9.17, 15) is 22.8 Å². The van der Waals surface area contributed by atoms with Crippen LogP contribution in [0.25, 0.3) is 0 Å². The molecule has 4 nitrogen and oxygen atoms in total. The van der Waals surface area contributed by atoms with Crippen LogP contribution in [0.15, 0.2) is 24.0 Å². The molecule has 0 aliphatic heterocycles. The van der Waals surface area contributed by atoms with Gasteiger partial charge in [0.15, 0.2) is 0 Å². The van der Waals surface area contributed by atoms with E-state index in [4.69, 9.17) is 5.11 Å². The Hall–Kier alpha value is -1.79. The Morgan fingerprint density at radius 1 is 1.33 bits per heavy atom. The largest absolute Gasteiger partial charge is 0.478 e. The van der Waals surface area contributed by atoms with Crippen molar-refractivity contribution in [1.82, 2.24) is 5.32 Å². The highest BCUT2D eigenvalue weighted by Crippen LogP contribution is 2.15. The third kappa shape index (κ3) is 5.50. The minimum absolute atomic E-state index is 0.0980. The van der Waals surface area contributed by atoms with Crippen molar-refractivity contribution in [2.45, 2.75) is 13.1 Å². The molecule has 0 unspecified atom stereocenters. The zero-order chi connectivity index (χ0) is 12.1. The fourth-order valence-electron chi connectivity index (χ4n) is 0.453. The van der Waals surface area contributed by atoms with Crippen LogP contribution in [0.2, 0.25) is 0 Å². The SMILES string of the molecule is CC(=CNC=CC(=O)C(F)(F)F)C(=O)O. The Labute approximate surface area is 83.1 Å². The number of alkyl halides is 3. The van der Waals surface area contributed by atoms with Crippen molar-refractivity contribution < 1.29 is 27.9 Å². The number of carbonyl (C=O) groups excluding carboxylic acids is 1. The minimum Gasteiger partial charge on any atom is -0.478 e.